The van der Waals surface area contributed by atoms with Crippen molar-refractivity contribution in [1.82, 2.24) is 0 Å². The Morgan fingerprint density at radius 1 is 1.57 bits per heavy atom. The number of aliphatic hydroxyl groups is 1. The summed E-state index contributed by atoms with van der Waals surface area (Å²) in [5.41, 5.74) is -0.991. The molecule has 0 rings (SSSR count). The second kappa shape index (κ2) is 1.93. The molecule has 0 amide bonds. The van der Waals surface area contributed by atoms with E-state index in [-0.39, 0.29) is 0 Å². The molecule has 0 aliphatic heterocycles. The fourth-order valence-corrected chi connectivity index (χ4v) is 0.141. The van der Waals surface area contributed by atoms with Crippen LogP contribution in [0.5, 0.6) is 0 Å². The number of rotatable bonds is 1. The molecule has 0 aromatic heterocycles. The van der Waals surface area contributed by atoms with Gasteiger partial charge in [0.2, 0.25) is 0 Å². The van der Waals surface area contributed by atoms with Crippen molar-refractivity contribution in [3.63, 3.8) is 0 Å². The molecule has 0 aromatic carbocycles. The van der Waals surface area contributed by atoms with Crippen molar-refractivity contribution in [3.8, 4) is 0 Å². The summed E-state index contributed by atoms with van der Waals surface area (Å²) in [6.07, 6.45) is 1.05. The molecule has 3 nitrogen and oxygen atoms in total. The van der Waals surface area contributed by atoms with Gasteiger partial charge in [-0.05, 0) is 13.8 Å². The molecule has 7 heavy (non-hydrogen) atoms. The summed E-state index contributed by atoms with van der Waals surface area (Å²) in [4.78, 5) is 0. The molecule has 0 spiro atoms. The zero-order chi connectivity index (χ0) is 5.91. The van der Waals surface area contributed by atoms with E-state index in [1.54, 1.807) is 0 Å². The molecule has 3 heteroatoms. The van der Waals surface area contributed by atoms with Crippen LogP contribution in [0.1, 0.15) is 13.8 Å². The van der Waals surface area contributed by atoms with Crippen molar-refractivity contribution in [2.75, 3.05) is 0 Å². The normalized spacial score (nSPS) is 13.0. The number of oxime groups is 1. The second-order valence-electron chi connectivity index (χ2n) is 1.90. The molecule has 0 bridgehead atoms. The first-order valence-electron chi connectivity index (χ1n) is 1.97. The van der Waals surface area contributed by atoms with Crippen LogP contribution in [0.25, 0.3) is 0 Å². The molecule has 0 aromatic rings. The van der Waals surface area contributed by atoms with Crippen molar-refractivity contribution in [3.05, 3.63) is 0 Å². The molecule has 0 radical (unpaired) electrons. The average molecular weight is 103 g/mol. The van der Waals surface area contributed by atoms with Gasteiger partial charge in [-0.2, -0.15) is 0 Å². The maximum absolute atomic E-state index is 8.71. The number of hydrogen-bond acceptors (Lipinski definition) is 3. The molecule has 0 heterocycles. The Bertz CT molecular complexity index is 72.2. The Morgan fingerprint density at radius 2 is 2.00 bits per heavy atom. The van der Waals surface area contributed by atoms with Crippen molar-refractivity contribution < 1.29 is 10.3 Å². The van der Waals surface area contributed by atoms with E-state index < -0.39 is 5.60 Å². The van der Waals surface area contributed by atoms with E-state index in [0.29, 0.717) is 0 Å². The predicted octanol–water partition coefficient (Wildman–Crippen LogP) is 0.217. The summed E-state index contributed by atoms with van der Waals surface area (Å²) in [7, 11) is 0. The fourth-order valence-electron chi connectivity index (χ4n) is 0.141. The van der Waals surface area contributed by atoms with Gasteiger partial charge in [0.1, 0.15) is 0 Å². The Hall–Kier alpha value is -0.570. The molecule has 0 unspecified atom stereocenters. The van der Waals surface area contributed by atoms with Gasteiger partial charge in [-0.15, -0.1) is 0 Å². The molecule has 42 valence electrons. The quantitative estimate of drug-likeness (QED) is 0.283. The minimum absolute atomic E-state index is 0.991. The van der Waals surface area contributed by atoms with E-state index in [4.69, 9.17) is 10.3 Å². The third kappa shape index (κ3) is 5.43. The summed E-state index contributed by atoms with van der Waals surface area (Å²) in [5.74, 6) is 0. The van der Waals surface area contributed by atoms with Crippen molar-refractivity contribution in [2.45, 2.75) is 19.4 Å². The van der Waals surface area contributed by atoms with Crippen LogP contribution in [0.2, 0.25) is 0 Å². The van der Waals surface area contributed by atoms with E-state index in [0.717, 1.165) is 6.21 Å². The van der Waals surface area contributed by atoms with E-state index in [2.05, 4.69) is 5.16 Å². The molecule has 0 saturated carbocycles. The maximum atomic E-state index is 8.71. The van der Waals surface area contributed by atoms with Gasteiger partial charge in [-0.3, -0.25) is 0 Å². The third-order valence-electron chi connectivity index (χ3n) is 0.374. The number of hydrogen-bond donors (Lipinski definition) is 2. The minimum atomic E-state index is -0.991. The maximum Gasteiger partial charge on any atom is 0.0974 e. The van der Waals surface area contributed by atoms with E-state index in [9.17, 15) is 0 Å². The van der Waals surface area contributed by atoms with E-state index >= 15 is 0 Å². The van der Waals surface area contributed by atoms with Crippen LogP contribution in [0, 0.1) is 0 Å². The first-order valence-corrected chi connectivity index (χ1v) is 1.97. The van der Waals surface area contributed by atoms with Gasteiger partial charge in [0.05, 0.1) is 11.8 Å². The van der Waals surface area contributed by atoms with Gasteiger partial charge < -0.3 is 10.3 Å². The Balaban J connectivity index is 3.56. The van der Waals surface area contributed by atoms with Crippen molar-refractivity contribution in [2.24, 2.45) is 5.16 Å². The van der Waals surface area contributed by atoms with E-state index in [1.165, 1.54) is 13.8 Å². The Labute approximate surface area is 42.3 Å². The topological polar surface area (TPSA) is 52.8 Å². The Kier molecular flexibility index (Phi) is 1.77. The molecular weight excluding hydrogens is 94.0 g/mol. The van der Waals surface area contributed by atoms with Crippen LogP contribution >= 0.6 is 0 Å². The molecule has 0 aliphatic carbocycles. The minimum Gasteiger partial charge on any atom is -0.411 e. The van der Waals surface area contributed by atoms with Crippen LogP contribution in [0.15, 0.2) is 5.16 Å². The zero-order valence-electron chi connectivity index (χ0n) is 4.42. The zero-order valence-corrected chi connectivity index (χ0v) is 4.42. The monoisotopic (exact) mass is 103 g/mol. The summed E-state index contributed by atoms with van der Waals surface area (Å²) in [6, 6.07) is 0. The lowest BCUT2D eigenvalue weighted by molar-refractivity contribution is 0.154. The highest BCUT2D eigenvalue weighted by Crippen LogP contribution is 1.93. The van der Waals surface area contributed by atoms with Gasteiger partial charge in [-0.1, -0.05) is 5.16 Å². The molecule has 0 fully saturated rings. The first-order chi connectivity index (χ1) is 3.06. The molecule has 0 atom stereocenters. The average Bonchev–Trinajstić information content (AvgIpc) is 1.30. The highest BCUT2D eigenvalue weighted by molar-refractivity contribution is 5.65. The second-order valence-corrected chi connectivity index (χ2v) is 1.90. The summed E-state index contributed by atoms with van der Waals surface area (Å²) < 4.78 is 0. The number of nitrogens with zero attached hydrogens (tertiary/aromatic N) is 1. The van der Waals surface area contributed by atoms with Gasteiger partial charge in [-0.25, -0.2) is 0 Å². The molecular formula is C4H9NO2. The molecule has 0 aliphatic rings. The lowest BCUT2D eigenvalue weighted by Gasteiger charge is -2.05. The smallest absolute Gasteiger partial charge is 0.0974 e. The van der Waals surface area contributed by atoms with Gasteiger partial charge >= 0.3 is 0 Å². The fraction of sp³-hybridized carbons (Fsp3) is 0.750. The summed E-state index contributed by atoms with van der Waals surface area (Å²) >= 11 is 0. The van der Waals surface area contributed by atoms with Crippen LogP contribution in [0.3, 0.4) is 0 Å². The predicted molar refractivity (Wildman–Crippen MR) is 26.6 cm³/mol. The molecule has 2 N–H and O–H groups in total. The third-order valence-corrected chi connectivity index (χ3v) is 0.374. The van der Waals surface area contributed by atoms with Crippen LogP contribution in [0.4, 0.5) is 0 Å². The first kappa shape index (κ1) is 6.43. The lowest BCUT2D eigenvalue weighted by Crippen LogP contribution is -2.19. The van der Waals surface area contributed by atoms with Crippen LogP contribution in [-0.4, -0.2) is 22.1 Å². The molecule has 0 saturated heterocycles. The van der Waals surface area contributed by atoms with Gasteiger partial charge in [0.25, 0.3) is 0 Å². The van der Waals surface area contributed by atoms with Gasteiger partial charge in [0, 0.05) is 0 Å². The van der Waals surface area contributed by atoms with Gasteiger partial charge in [0.15, 0.2) is 0 Å². The summed E-state index contributed by atoms with van der Waals surface area (Å²) in [6.45, 7) is 3.04. The summed E-state index contributed by atoms with van der Waals surface area (Å²) in [5, 5.41) is 19.2. The van der Waals surface area contributed by atoms with Crippen molar-refractivity contribution >= 4 is 6.21 Å². The largest absolute Gasteiger partial charge is 0.411 e. The lowest BCUT2D eigenvalue weighted by atomic mass is 10.2. The SMILES string of the molecule is CC(C)(O)C=NO. The van der Waals surface area contributed by atoms with E-state index in [1.807, 2.05) is 0 Å². The highest BCUT2D eigenvalue weighted by atomic mass is 16.4. The van der Waals surface area contributed by atoms with Crippen molar-refractivity contribution in [1.29, 1.82) is 0 Å². The standard InChI is InChI=1S/C4H9NO2/c1-4(2,6)3-5-7/h3,6-7H,1-2H3. The highest BCUT2D eigenvalue weighted by Gasteiger charge is 2.06. The Morgan fingerprint density at radius 3 is 2.00 bits per heavy atom. The van der Waals surface area contributed by atoms with Crippen LogP contribution < -0.4 is 0 Å². The van der Waals surface area contributed by atoms with Crippen LogP contribution in [-0.2, 0) is 0 Å².